The molecule has 1 amide bonds. The first-order valence-electron chi connectivity index (χ1n) is 9.21. The summed E-state index contributed by atoms with van der Waals surface area (Å²) in [7, 11) is -3.61. The number of carbonyl (C=O) groups is 1. The van der Waals surface area contributed by atoms with Gasteiger partial charge in [0.25, 0.3) is 0 Å². The Morgan fingerprint density at radius 1 is 1.30 bits per heavy atom. The minimum absolute atomic E-state index is 0. The van der Waals surface area contributed by atoms with Crippen molar-refractivity contribution >= 4 is 34.0 Å². The second-order valence-electron chi connectivity index (χ2n) is 8.25. The molecule has 0 saturated heterocycles. The summed E-state index contributed by atoms with van der Waals surface area (Å²) in [5.74, 6) is 0.926. The van der Waals surface area contributed by atoms with Gasteiger partial charge in [-0.05, 0) is 54.7 Å². The van der Waals surface area contributed by atoms with E-state index in [1.54, 1.807) is 12.1 Å². The third kappa shape index (κ3) is 7.41. The highest BCUT2D eigenvalue weighted by atomic mass is 35.5. The van der Waals surface area contributed by atoms with Crippen LogP contribution in [-0.2, 0) is 14.8 Å². The van der Waals surface area contributed by atoms with Gasteiger partial charge >= 0.3 is 0 Å². The van der Waals surface area contributed by atoms with Gasteiger partial charge in [0.15, 0.2) is 0 Å². The lowest BCUT2D eigenvalue weighted by Crippen LogP contribution is -2.30. The number of amides is 1. The van der Waals surface area contributed by atoms with Crippen LogP contribution in [0.15, 0.2) is 29.2 Å². The van der Waals surface area contributed by atoms with Crippen LogP contribution in [0.5, 0.6) is 0 Å². The normalized spacial score (nSPS) is 21.9. The molecule has 1 aromatic rings. The van der Waals surface area contributed by atoms with Crippen LogP contribution in [0.1, 0.15) is 46.5 Å². The van der Waals surface area contributed by atoms with Crippen molar-refractivity contribution < 1.29 is 13.2 Å². The predicted molar refractivity (Wildman–Crippen MR) is 111 cm³/mol. The number of anilines is 1. The molecule has 1 fully saturated rings. The lowest BCUT2D eigenvalue weighted by atomic mass is 9.67. The van der Waals surface area contributed by atoms with Gasteiger partial charge in [-0.15, -0.1) is 12.4 Å². The Morgan fingerprint density at radius 2 is 2.00 bits per heavy atom. The molecule has 1 aliphatic rings. The van der Waals surface area contributed by atoms with Crippen LogP contribution in [0.4, 0.5) is 5.69 Å². The highest BCUT2D eigenvalue weighted by molar-refractivity contribution is 7.89. The second-order valence-corrected chi connectivity index (χ2v) is 10.0. The Bertz CT molecular complexity index is 737. The van der Waals surface area contributed by atoms with Crippen molar-refractivity contribution in [2.45, 2.75) is 51.3 Å². The fraction of sp³-hybridized carbons (Fsp3) is 0.632. The van der Waals surface area contributed by atoms with E-state index in [1.165, 1.54) is 18.6 Å². The van der Waals surface area contributed by atoms with Gasteiger partial charge in [-0.25, -0.2) is 13.1 Å². The van der Waals surface area contributed by atoms with Crippen molar-refractivity contribution in [2.24, 2.45) is 23.0 Å². The first-order chi connectivity index (χ1) is 12.1. The molecule has 6 nitrogen and oxygen atoms in total. The lowest BCUT2D eigenvalue weighted by molar-refractivity contribution is -0.117. The van der Waals surface area contributed by atoms with Crippen LogP contribution >= 0.6 is 12.4 Å². The molecule has 0 spiro atoms. The van der Waals surface area contributed by atoms with Gasteiger partial charge in [-0.2, -0.15) is 0 Å². The Hall–Kier alpha value is -1.15. The maximum absolute atomic E-state index is 12.4. The molecule has 0 aromatic heterocycles. The molecular weight excluding hydrogens is 386 g/mol. The molecule has 0 bridgehead atoms. The Kier molecular flexibility index (Phi) is 8.73. The summed E-state index contributed by atoms with van der Waals surface area (Å²) in [4.78, 5) is 12.6. The standard InChI is InChI=1S/C19H31N3O3S.ClH/c1-14-9-15(13-19(2,3)12-14)10-18(23)22-16-5-4-6-17(11-16)26(24,25)21-8-7-20;/h4-6,11,14-15,21H,7-10,12-13,20H2,1-3H3,(H,22,23);1H. The number of hydrogen-bond donors (Lipinski definition) is 3. The van der Waals surface area contributed by atoms with Crippen molar-refractivity contribution in [3.63, 3.8) is 0 Å². The van der Waals surface area contributed by atoms with Crippen LogP contribution < -0.4 is 15.8 Å². The maximum Gasteiger partial charge on any atom is 0.240 e. The topological polar surface area (TPSA) is 101 Å². The molecule has 8 heteroatoms. The first kappa shape index (κ1) is 23.9. The van der Waals surface area contributed by atoms with Crippen LogP contribution in [-0.4, -0.2) is 27.4 Å². The van der Waals surface area contributed by atoms with Crippen LogP contribution in [0.3, 0.4) is 0 Å². The van der Waals surface area contributed by atoms with Gasteiger partial charge in [-0.1, -0.05) is 26.8 Å². The van der Waals surface area contributed by atoms with Crippen molar-refractivity contribution in [3.05, 3.63) is 24.3 Å². The molecule has 0 radical (unpaired) electrons. The van der Waals surface area contributed by atoms with Crippen molar-refractivity contribution in [1.29, 1.82) is 0 Å². The van der Waals surface area contributed by atoms with Gasteiger partial charge in [0.05, 0.1) is 4.90 Å². The zero-order valence-electron chi connectivity index (χ0n) is 16.3. The zero-order chi connectivity index (χ0) is 19.4. The number of carbonyl (C=O) groups excluding carboxylic acids is 1. The summed E-state index contributed by atoms with van der Waals surface area (Å²) in [6, 6.07) is 6.30. The SMILES string of the molecule is CC1CC(CC(=O)Nc2cccc(S(=O)(=O)NCCN)c2)CC(C)(C)C1.Cl. The fourth-order valence-electron chi connectivity index (χ4n) is 4.19. The number of rotatable bonds is 7. The number of nitrogens with two attached hydrogens (primary N) is 1. The monoisotopic (exact) mass is 417 g/mol. The lowest BCUT2D eigenvalue weighted by Gasteiger charge is -2.38. The summed E-state index contributed by atoms with van der Waals surface area (Å²) in [6.45, 7) is 7.17. The Balaban J connectivity index is 0.00000364. The third-order valence-electron chi connectivity index (χ3n) is 4.82. The molecule has 2 atom stereocenters. The van der Waals surface area contributed by atoms with Gasteiger partial charge in [0.1, 0.15) is 0 Å². The van der Waals surface area contributed by atoms with Gasteiger partial charge in [0, 0.05) is 25.2 Å². The number of halogens is 1. The maximum atomic E-state index is 12.4. The average molecular weight is 418 g/mol. The molecule has 1 saturated carbocycles. The quantitative estimate of drug-likeness (QED) is 0.634. The van der Waals surface area contributed by atoms with E-state index in [0.717, 1.165) is 12.8 Å². The van der Waals surface area contributed by atoms with E-state index in [9.17, 15) is 13.2 Å². The third-order valence-corrected chi connectivity index (χ3v) is 6.28. The van der Waals surface area contributed by atoms with Crippen LogP contribution in [0.25, 0.3) is 0 Å². The van der Waals surface area contributed by atoms with Crippen LogP contribution in [0, 0.1) is 17.3 Å². The summed E-state index contributed by atoms with van der Waals surface area (Å²) in [6.07, 6.45) is 3.77. The van der Waals surface area contributed by atoms with Gasteiger partial charge in [0.2, 0.25) is 15.9 Å². The first-order valence-corrected chi connectivity index (χ1v) is 10.7. The highest BCUT2D eigenvalue weighted by Gasteiger charge is 2.32. The molecule has 0 aliphatic heterocycles. The summed E-state index contributed by atoms with van der Waals surface area (Å²) in [5, 5.41) is 2.84. The molecular formula is C19H32ClN3O3S. The van der Waals surface area contributed by atoms with E-state index in [4.69, 9.17) is 5.73 Å². The van der Waals surface area contributed by atoms with E-state index in [2.05, 4.69) is 30.8 Å². The van der Waals surface area contributed by atoms with Crippen molar-refractivity contribution in [3.8, 4) is 0 Å². The second kappa shape index (κ2) is 9.87. The minimum Gasteiger partial charge on any atom is -0.329 e. The van der Waals surface area contributed by atoms with E-state index >= 15 is 0 Å². The van der Waals surface area contributed by atoms with E-state index < -0.39 is 10.0 Å². The number of hydrogen-bond acceptors (Lipinski definition) is 4. The Labute approximate surface area is 169 Å². The molecule has 1 aromatic carbocycles. The molecule has 27 heavy (non-hydrogen) atoms. The number of nitrogens with one attached hydrogen (secondary N) is 2. The molecule has 1 aliphatic carbocycles. The number of sulfonamides is 1. The summed E-state index contributed by atoms with van der Waals surface area (Å²) in [5.41, 5.74) is 6.11. The van der Waals surface area contributed by atoms with Gasteiger partial charge in [-0.3, -0.25) is 4.79 Å². The average Bonchev–Trinajstić information content (AvgIpc) is 2.51. The Morgan fingerprint density at radius 3 is 2.63 bits per heavy atom. The predicted octanol–water partition coefficient (Wildman–Crippen LogP) is 3.14. The number of benzene rings is 1. The molecule has 0 heterocycles. The fourth-order valence-corrected chi connectivity index (χ4v) is 5.28. The molecule has 2 unspecified atom stereocenters. The van der Waals surface area contributed by atoms with Crippen molar-refractivity contribution in [2.75, 3.05) is 18.4 Å². The van der Waals surface area contributed by atoms with Gasteiger partial charge < -0.3 is 11.1 Å². The highest BCUT2D eigenvalue weighted by Crippen LogP contribution is 2.42. The summed E-state index contributed by atoms with van der Waals surface area (Å²) < 4.78 is 26.8. The smallest absolute Gasteiger partial charge is 0.240 e. The zero-order valence-corrected chi connectivity index (χ0v) is 18.0. The van der Waals surface area contributed by atoms with E-state index in [0.29, 0.717) is 23.9 Å². The van der Waals surface area contributed by atoms with Crippen molar-refractivity contribution in [1.82, 2.24) is 4.72 Å². The largest absolute Gasteiger partial charge is 0.329 e. The van der Waals surface area contributed by atoms with E-state index in [1.807, 2.05) is 0 Å². The minimum atomic E-state index is -3.61. The molecule has 2 rings (SSSR count). The van der Waals surface area contributed by atoms with Crippen LogP contribution in [0.2, 0.25) is 0 Å². The molecule has 154 valence electrons. The van der Waals surface area contributed by atoms with E-state index in [-0.39, 0.29) is 41.7 Å². The summed E-state index contributed by atoms with van der Waals surface area (Å²) >= 11 is 0. The molecule has 4 N–H and O–H groups in total.